The van der Waals surface area contributed by atoms with Crippen LogP contribution in [0, 0.1) is 0 Å². The number of primary amides is 1. The van der Waals surface area contributed by atoms with E-state index in [9.17, 15) is 4.79 Å². The van der Waals surface area contributed by atoms with E-state index >= 15 is 0 Å². The van der Waals surface area contributed by atoms with Crippen LogP contribution in [0.3, 0.4) is 0 Å². The van der Waals surface area contributed by atoms with Crippen molar-refractivity contribution >= 4 is 33.1 Å². The van der Waals surface area contributed by atoms with E-state index in [-0.39, 0.29) is 0 Å². The van der Waals surface area contributed by atoms with Gasteiger partial charge in [-0.2, -0.15) is 0 Å². The van der Waals surface area contributed by atoms with Gasteiger partial charge >= 0.3 is 0 Å². The molecule has 3 aromatic rings. The normalized spacial score (nSPS) is 13.6. The summed E-state index contributed by atoms with van der Waals surface area (Å²) in [5, 5.41) is 0.851. The molecule has 25 heavy (non-hydrogen) atoms. The maximum Gasteiger partial charge on any atom is 0.260 e. The quantitative estimate of drug-likeness (QED) is 0.753. The standard InChI is InChI=1S/C19H19N3O2S/c1-24-11-8-6-10(7-9-11)14-12-4-2-3-5-13(12)22-19-15(14)16(20)17(25-19)18(21)23/h6-9H,2-5,20H2,1H3,(H2,21,23). The summed E-state index contributed by atoms with van der Waals surface area (Å²) in [7, 11) is 1.65. The molecule has 0 radical (unpaired) electrons. The molecule has 0 atom stereocenters. The molecule has 0 unspecified atom stereocenters. The number of anilines is 1. The van der Waals surface area contributed by atoms with Gasteiger partial charge in [0.05, 0.1) is 12.8 Å². The third-order valence-electron chi connectivity index (χ3n) is 4.76. The summed E-state index contributed by atoms with van der Waals surface area (Å²) >= 11 is 1.29. The Morgan fingerprint density at radius 2 is 1.92 bits per heavy atom. The summed E-state index contributed by atoms with van der Waals surface area (Å²) in [6.45, 7) is 0. The second-order valence-electron chi connectivity index (χ2n) is 6.24. The van der Waals surface area contributed by atoms with E-state index in [1.54, 1.807) is 7.11 Å². The van der Waals surface area contributed by atoms with Crippen LogP contribution in [0.5, 0.6) is 5.75 Å². The zero-order valence-corrected chi connectivity index (χ0v) is 14.8. The van der Waals surface area contributed by atoms with Gasteiger partial charge in [-0.3, -0.25) is 4.79 Å². The number of fused-ring (bicyclic) bond motifs is 2. The summed E-state index contributed by atoms with van der Waals surface area (Å²) in [5.41, 5.74) is 16.8. The smallest absolute Gasteiger partial charge is 0.260 e. The first-order chi connectivity index (χ1) is 12.1. The molecule has 4 N–H and O–H groups in total. The molecule has 1 amide bonds. The number of methoxy groups -OCH3 is 1. The lowest BCUT2D eigenvalue weighted by molar-refractivity contribution is 0.100. The van der Waals surface area contributed by atoms with E-state index in [0.29, 0.717) is 10.6 Å². The van der Waals surface area contributed by atoms with Crippen LogP contribution in [0.2, 0.25) is 0 Å². The Hall–Kier alpha value is -2.60. The van der Waals surface area contributed by atoms with Gasteiger partial charge in [-0.05, 0) is 54.5 Å². The topological polar surface area (TPSA) is 91.2 Å². The SMILES string of the molecule is COc1ccc(-c2c3c(nc4sc(C(N)=O)c(N)c24)CCCC3)cc1. The Balaban J connectivity index is 2.06. The number of hydrogen-bond acceptors (Lipinski definition) is 5. The van der Waals surface area contributed by atoms with Crippen molar-refractivity contribution in [3.05, 3.63) is 40.4 Å². The van der Waals surface area contributed by atoms with E-state index in [4.69, 9.17) is 21.2 Å². The molecule has 0 aliphatic heterocycles. The van der Waals surface area contributed by atoms with Crippen molar-refractivity contribution in [2.75, 3.05) is 12.8 Å². The highest BCUT2D eigenvalue weighted by atomic mass is 32.1. The highest BCUT2D eigenvalue weighted by molar-refractivity contribution is 7.21. The molecule has 1 aliphatic carbocycles. The fraction of sp³-hybridized carbons (Fsp3) is 0.263. The molecule has 0 saturated heterocycles. The molecule has 2 aromatic heterocycles. The molecule has 128 valence electrons. The van der Waals surface area contributed by atoms with E-state index in [2.05, 4.69) is 0 Å². The number of amides is 1. The van der Waals surface area contributed by atoms with Gasteiger partial charge in [0.1, 0.15) is 15.5 Å². The molecule has 6 heteroatoms. The number of pyridine rings is 1. The van der Waals surface area contributed by atoms with Crippen molar-refractivity contribution in [2.24, 2.45) is 5.73 Å². The van der Waals surface area contributed by atoms with Crippen LogP contribution >= 0.6 is 11.3 Å². The maximum atomic E-state index is 11.8. The zero-order valence-electron chi connectivity index (χ0n) is 14.0. The van der Waals surface area contributed by atoms with Gasteiger partial charge in [0.15, 0.2) is 0 Å². The lowest BCUT2D eigenvalue weighted by Crippen LogP contribution is -2.11. The van der Waals surface area contributed by atoms with E-state index in [0.717, 1.165) is 58.5 Å². The third-order valence-corrected chi connectivity index (χ3v) is 5.87. The third kappa shape index (κ3) is 2.53. The van der Waals surface area contributed by atoms with Crippen LogP contribution in [0.15, 0.2) is 24.3 Å². The van der Waals surface area contributed by atoms with Gasteiger partial charge in [0.2, 0.25) is 0 Å². The van der Waals surface area contributed by atoms with E-state index in [1.165, 1.54) is 16.9 Å². The molecular weight excluding hydrogens is 334 g/mol. The molecule has 4 rings (SSSR count). The molecule has 0 spiro atoms. The van der Waals surface area contributed by atoms with Gasteiger partial charge in [-0.1, -0.05) is 12.1 Å². The summed E-state index contributed by atoms with van der Waals surface area (Å²) in [6.07, 6.45) is 4.20. The number of hydrogen-bond donors (Lipinski definition) is 2. The highest BCUT2D eigenvalue weighted by Gasteiger charge is 2.24. The molecule has 2 heterocycles. The number of benzene rings is 1. The van der Waals surface area contributed by atoms with Gasteiger partial charge in [-0.15, -0.1) is 11.3 Å². The van der Waals surface area contributed by atoms with Gasteiger partial charge < -0.3 is 16.2 Å². The van der Waals surface area contributed by atoms with Crippen molar-refractivity contribution in [3.8, 4) is 16.9 Å². The molecular formula is C19H19N3O2S. The maximum absolute atomic E-state index is 11.8. The second-order valence-corrected chi connectivity index (χ2v) is 7.24. The number of nitrogens with zero attached hydrogens (tertiary/aromatic N) is 1. The molecule has 0 saturated carbocycles. The first-order valence-corrected chi connectivity index (χ1v) is 9.09. The predicted octanol–water partition coefficient (Wildman–Crippen LogP) is 3.53. The minimum atomic E-state index is -0.501. The van der Waals surface area contributed by atoms with Crippen LogP contribution in [0.1, 0.15) is 33.8 Å². The number of aromatic nitrogens is 1. The average molecular weight is 353 g/mol. The highest BCUT2D eigenvalue weighted by Crippen LogP contribution is 2.43. The summed E-state index contributed by atoms with van der Waals surface area (Å²) < 4.78 is 5.27. The van der Waals surface area contributed by atoms with Crippen LogP contribution in [-0.4, -0.2) is 18.0 Å². The zero-order chi connectivity index (χ0) is 17.6. The fourth-order valence-electron chi connectivity index (χ4n) is 3.57. The summed E-state index contributed by atoms with van der Waals surface area (Å²) in [6, 6.07) is 7.94. The minimum absolute atomic E-state index is 0.389. The Kier molecular flexibility index (Phi) is 3.84. The second kappa shape index (κ2) is 6.04. The number of nitrogen functional groups attached to an aromatic ring is 1. The van der Waals surface area contributed by atoms with Gasteiger partial charge in [0, 0.05) is 11.1 Å². The first-order valence-electron chi connectivity index (χ1n) is 8.28. The molecule has 1 aromatic carbocycles. The molecule has 5 nitrogen and oxygen atoms in total. The molecule has 0 bridgehead atoms. The minimum Gasteiger partial charge on any atom is -0.497 e. The van der Waals surface area contributed by atoms with Gasteiger partial charge in [-0.25, -0.2) is 4.98 Å². The lowest BCUT2D eigenvalue weighted by Gasteiger charge is -2.20. The van der Waals surface area contributed by atoms with Crippen LogP contribution in [0.4, 0.5) is 5.69 Å². The van der Waals surface area contributed by atoms with Crippen molar-refractivity contribution in [3.63, 3.8) is 0 Å². The predicted molar refractivity (Wildman–Crippen MR) is 101 cm³/mol. The number of rotatable bonds is 3. The Morgan fingerprint density at radius 3 is 2.60 bits per heavy atom. The lowest BCUT2D eigenvalue weighted by atomic mass is 9.87. The van der Waals surface area contributed by atoms with Crippen LogP contribution in [-0.2, 0) is 12.8 Å². The van der Waals surface area contributed by atoms with Crippen LogP contribution < -0.4 is 16.2 Å². The van der Waals surface area contributed by atoms with Gasteiger partial charge in [0.25, 0.3) is 5.91 Å². The van der Waals surface area contributed by atoms with E-state index < -0.39 is 5.91 Å². The first kappa shape index (κ1) is 15.9. The number of aryl methyl sites for hydroxylation is 1. The summed E-state index contributed by atoms with van der Waals surface area (Å²) in [4.78, 5) is 17.7. The summed E-state index contributed by atoms with van der Waals surface area (Å²) in [5.74, 6) is 0.304. The largest absolute Gasteiger partial charge is 0.497 e. The van der Waals surface area contributed by atoms with Crippen molar-refractivity contribution in [1.82, 2.24) is 4.98 Å². The molecule has 0 fully saturated rings. The number of ether oxygens (including phenoxy) is 1. The fourth-order valence-corrected chi connectivity index (χ4v) is 4.54. The number of carbonyl (C=O) groups is 1. The van der Waals surface area contributed by atoms with Crippen molar-refractivity contribution in [1.29, 1.82) is 0 Å². The number of thiophene rings is 1. The monoisotopic (exact) mass is 353 g/mol. The molecule has 1 aliphatic rings. The Morgan fingerprint density at radius 1 is 1.20 bits per heavy atom. The Labute approximate surface area is 149 Å². The average Bonchev–Trinajstić information content (AvgIpc) is 2.96. The Bertz CT molecular complexity index is 977. The van der Waals surface area contributed by atoms with Crippen LogP contribution in [0.25, 0.3) is 21.3 Å². The van der Waals surface area contributed by atoms with Crippen molar-refractivity contribution in [2.45, 2.75) is 25.7 Å². The van der Waals surface area contributed by atoms with Crippen molar-refractivity contribution < 1.29 is 9.53 Å². The van der Waals surface area contributed by atoms with E-state index in [1.807, 2.05) is 24.3 Å². The number of nitrogens with two attached hydrogens (primary N) is 2. The number of carbonyl (C=O) groups excluding carboxylic acids is 1.